The minimum Gasteiger partial charge on any atom is -0.492 e. The Labute approximate surface area is 89.0 Å². The van der Waals surface area contributed by atoms with Gasteiger partial charge in [0.2, 0.25) is 0 Å². The van der Waals surface area contributed by atoms with Crippen LogP contribution >= 0.6 is 11.6 Å². The predicted octanol–water partition coefficient (Wildman–Crippen LogP) is 1.99. The number of rotatable bonds is 3. The third-order valence-electron chi connectivity index (χ3n) is 1.64. The number of ether oxygens (including phenoxy) is 1. The number of halogens is 3. The summed E-state index contributed by atoms with van der Waals surface area (Å²) < 4.78 is 29.4. The zero-order valence-electron chi connectivity index (χ0n) is 7.63. The molecule has 0 saturated heterocycles. The highest BCUT2D eigenvalue weighted by molar-refractivity contribution is 6.67. The van der Waals surface area contributed by atoms with Gasteiger partial charge in [0.25, 0.3) is 11.7 Å². The molecule has 82 valence electrons. The molecule has 0 aliphatic carbocycles. The van der Waals surface area contributed by atoms with Gasteiger partial charge in [0.15, 0.2) is 11.4 Å². The lowest BCUT2D eigenvalue weighted by atomic mass is 10.2. The first-order chi connectivity index (χ1) is 6.97. The standard InChI is InChI=1S/C8H7ClF2N2O2/c1-15-6-3(12)2-4(8(10)11)13-5(6)7(9)14/h2,8H,1H3,(H2,12,13). The van der Waals surface area contributed by atoms with Crippen LogP contribution in [-0.2, 0) is 0 Å². The summed E-state index contributed by atoms with van der Waals surface area (Å²) in [5.41, 5.74) is 4.27. The summed E-state index contributed by atoms with van der Waals surface area (Å²) >= 11 is 5.15. The van der Waals surface area contributed by atoms with Gasteiger partial charge in [-0.1, -0.05) is 0 Å². The summed E-state index contributed by atoms with van der Waals surface area (Å²) in [5, 5.41) is -0.999. The summed E-state index contributed by atoms with van der Waals surface area (Å²) in [7, 11) is 1.23. The maximum absolute atomic E-state index is 12.3. The molecule has 0 unspecified atom stereocenters. The fraction of sp³-hybridized carbons (Fsp3) is 0.250. The number of methoxy groups -OCH3 is 1. The maximum atomic E-state index is 12.3. The fourth-order valence-corrected chi connectivity index (χ4v) is 1.16. The van der Waals surface area contributed by atoms with Crippen LogP contribution in [0.15, 0.2) is 6.07 Å². The van der Waals surface area contributed by atoms with Crippen LogP contribution in [0.25, 0.3) is 0 Å². The van der Waals surface area contributed by atoms with E-state index in [9.17, 15) is 13.6 Å². The van der Waals surface area contributed by atoms with Crippen molar-refractivity contribution in [3.63, 3.8) is 0 Å². The molecule has 1 rings (SSSR count). The Morgan fingerprint density at radius 3 is 2.67 bits per heavy atom. The van der Waals surface area contributed by atoms with Gasteiger partial charge in [0.05, 0.1) is 12.8 Å². The van der Waals surface area contributed by atoms with Crippen molar-refractivity contribution in [2.45, 2.75) is 6.43 Å². The summed E-state index contributed by atoms with van der Waals surface area (Å²) in [6.07, 6.45) is -2.83. The number of carbonyl (C=O) groups excluding carboxylic acids is 1. The van der Waals surface area contributed by atoms with Crippen LogP contribution in [0.3, 0.4) is 0 Å². The third kappa shape index (κ3) is 2.33. The highest BCUT2D eigenvalue weighted by Gasteiger charge is 2.20. The first-order valence-corrected chi connectivity index (χ1v) is 4.17. The molecule has 0 saturated carbocycles. The Kier molecular flexibility index (Phi) is 3.41. The molecule has 0 spiro atoms. The van der Waals surface area contributed by atoms with Crippen LogP contribution in [0.5, 0.6) is 5.75 Å². The quantitative estimate of drug-likeness (QED) is 0.815. The van der Waals surface area contributed by atoms with Gasteiger partial charge in [-0.2, -0.15) is 0 Å². The SMILES string of the molecule is COc1c(N)cc(C(F)F)nc1C(=O)Cl. The molecule has 1 heterocycles. The monoisotopic (exact) mass is 236 g/mol. The Morgan fingerprint density at radius 2 is 2.27 bits per heavy atom. The Balaban J connectivity index is 3.38. The summed E-state index contributed by atoms with van der Waals surface area (Å²) in [4.78, 5) is 14.2. The van der Waals surface area contributed by atoms with E-state index in [1.165, 1.54) is 7.11 Å². The molecular weight excluding hydrogens is 230 g/mol. The van der Waals surface area contributed by atoms with Crippen LogP contribution < -0.4 is 10.5 Å². The van der Waals surface area contributed by atoms with Crippen molar-refractivity contribution >= 4 is 22.5 Å². The van der Waals surface area contributed by atoms with E-state index >= 15 is 0 Å². The second-order valence-electron chi connectivity index (χ2n) is 2.59. The second-order valence-corrected chi connectivity index (χ2v) is 2.94. The molecule has 0 fully saturated rings. The molecule has 0 aliphatic rings. The molecule has 4 nitrogen and oxygen atoms in total. The molecule has 0 radical (unpaired) electrons. The first kappa shape index (κ1) is 11.6. The van der Waals surface area contributed by atoms with E-state index < -0.39 is 23.1 Å². The van der Waals surface area contributed by atoms with Gasteiger partial charge in [-0.15, -0.1) is 0 Å². The number of alkyl halides is 2. The normalized spacial score (nSPS) is 10.5. The van der Waals surface area contributed by atoms with Crippen molar-refractivity contribution < 1.29 is 18.3 Å². The number of hydrogen-bond acceptors (Lipinski definition) is 4. The van der Waals surface area contributed by atoms with E-state index in [4.69, 9.17) is 22.1 Å². The summed E-state index contributed by atoms with van der Waals surface area (Å²) in [5.74, 6) is -0.0978. The number of nitrogens with zero attached hydrogens (tertiary/aromatic N) is 1. The number of pyridine rings is 1. The smallest absolute Gasteiger partial charge is 0.280 e. The molecule has 0 aromatic carbocycles. The molecule has 1 aromatic rings. The Hall–Kier alpha value is -1.43. The molecular formula is C8H7ClF2N2O2. The van der Waals surface area contributed by atoms with Crippen molar-refractivity contribution in [3.8, 4) is 5.75 Å². The van der Waals surface area contributed by atoms with Crippen LogP contribution in [0.1, 0.15) is 22.6 Å². The molecule has 0 bridgehead atoms. The van der Waals surface area contributed by atoms with Crippen molar-refractivity contribution in [3.05, 3.63) is 17.5 Å². The average Bonchev–Trinajstić information content (AvgIpc) is 2.16. The van der Waals surface area contributed by atoms with Gasteiger partial charge in [-0.05, 0) is 17.7 Å². The van der Waals surface area contributed by atoms with E-state index in [0.717, 1.165) is 6.07 Å². The van der Waals surface area contributed by atoms with E-state index in [0.29, 0.717) is 0 Å². The summed E-state index contributed by atoms with van der Waals surface area (Å²) in [6, 6.07) is 0.937. The minimum absolute atomic E-state index is 0.0978. The van der Waals surface area contributed by atoms with Crippen LogP contribution in [-0.4, -0.2) is 17.3 Å². The Bertz CT molecular complexity index is 398. The van der Waals surface area contributed by atoms with Gasteiger partial charge in [0, 0.05) is 0 Å². The van der Waals surface area contributed by atoms with Crippen LogP contribution in [0, 0.1) is 0 Å². The van der Waals surface area contributed by atoms with Gasteiger partial charge >= 0.3 is 0 Å². The molecule has 0 amide bonds. The van der Waals surface area contributed by atoms with Crippen molar-refractivity contribution in [1.82, 2.24) is 4.98 Å². The zero-order valence-corrected chi connectivity index (χ0v) is 8.39. The number of aromatic nitrogens is 1. The lowest BCUT2D eigenvalue weighted by Gasteiger charge is -2.09. The summed E-state index contributed by atoms with van der Waals surface area (Å²) in [6.45, 7) is 0. The third-order valence-corrected chi connectivity index (χ3v) is 1.81. The number of carbonyl (C=O) groups is 1. The zero-order chi connectivity index (χ0) is 11.6. The topological polar surface area (TPSA) is 65.2 Å². The van der Waals surface area contributed by atoms with E-state index in [-0.39, 0.29) is 11.4 Å². The number of nitrogens with two attached hydrogens (primary N) is 1. The molecule has 1 aromatic heterocycles. The molecule has 0 aliphatic heterocycles. The average molecular weight is 237 g/mol. The fourth-order valence-electron chi connectivity index (χ4n) is 1.03. The van der Waals surface area contributed by atoms with Gasteiger partial charge < -0.3 is 10.5 Å². The number of nitrogen functional groups attached to an aromatic ring is 1. The van der Waals surface area contributed by atoms with Crippen molar-refractivity contribution in [2.24, 2.45) is 0 Å². The minimum atomic E-state index is -2.83. The largest absolute Gasteiger partial charge is 0.492 e. The predicted molar refractivity (Wildman–Crippen MR) is 50.3 cm³/mol. The van der Waals surface area contributed by atoms with Gasteiger partial charge in [-0.3, -0.25) is 4.79 Å². The molecule has 7 heteroatoms. The Morgan fingerprint density at radius 1 is 1.67 bits per heavy atom. The maximum Gasteiger partial charge on any atom is 0.280 e. The molecule has 2 N–H and O–H groups in total. The highest BCUT2D eigenvalue weighted by atomic mass is 35.5. The lowest BCUT2D eigenvalue weighted by Crippen LogP contribution is -2.06. The number of anilines is 1. The molecule has 0 atom stereocenters. The molecule has 15 heavy (non-hydrogen) atoms. The van der Waals surface area contributed by atoms with Gasteiger partial charge in [0.1, 0.15) is 5.69 Å². The van der Waals surface area contributed by atoms with E-state index in [1.807, 2.05) is 0 Å². The first-order valence-electron chi connectivity index (χ1n) is 3.79. The highest BCUT2D eigenvalue weighted by Crippen LogP contribution is 2.30. The number of hydrogen-bond donors (Lipinski definition) is 1. The van der Waals surface area contributed by atoms with Crippen LogP contribution in [0.4, 0.5) is 14.5 Å². The van der Waals surface area contributed by atoms with E-state index in [2.05, 4.69) is 4.98 Å². The van der Waals surface area contributed by atoms with Crippen molar-refractivity contribution in [2.75, 3.05) is 12.8 Å². The lowest BCUT2D eigenvalue weighted by molar-refractivity contribution is 0.107. The second kappa shape index (κ2) is 4.39. The van der Waals surface area contributed by atoms with Crippen LogP contribution in [0.2, 0.25) is 0 Å². The van der Waals surface area contributed by atoms with Gasteiger partial charge in [-0.25, -0.2) is 13.8 Å². The van der Waals surface area contributed by atoms with Crippen molar-refractivity contribution in [1.29, 1.82) is 0 Å². The van der Waals surface area contributed by atoms with E-state index in [1.54, 1.807) is 0 Å².